The molecule has 9 heteroatoms. The first-order valence-electron chi connectivity index (χ1n) is 10.7. The van der Waals surface area contributed by atoms with E-state index in [-0.39, 0.29) is 17.5 Å². The Balaban J connectivity index is 1.90. The van der Waals surface area contributed by atoms with Crippen LogP contribution in [-0.2, 0) is 11.3 Å². The lowest BCUT2D eigenvalue weighted by Gasteiger charge is -2.23. The second-order valence-electron chi connectivity index (χ2n) is 8.37. The fraction of sp³-hybridized carbons (Fsp3) is 0.455. The number of anilines is 1. The summed E-state index contributed by atoms with van der Waals surface area (Å²) in [6.07, 6.45) is 1.70. The van der Waals surface area contributed by atoms with Gasteiger partial charge in [0, 0.05) is 17.8 Å². The summed E-state index contributed by atoms with van der Waals surface area (Å²) in [5.74, 6) is 0.0266. The number of nitrogens with one attached hydrogen (secondary N) is 2. The minimum atomic E-state index is -0.296. The molecule has 1 saturated heterocycles. The van der Waals surface area contributed by atoms with Crippen molar-refractivity contribution < 1.29 is 19.0 Å². The average Bonchev–Trinajstić information content (AvgIpc) is 2.74. The van der Waals surface area contributed by atoms with Crippen molar-refractivity contribution in [1.82, 2.24) is 14.7 Å². The molecular formula is C22H30N6O3+2. The summed E-state index contributed by atoms with van der Waals surface area (Å²) in [7, 11) is 0. The molecule has 0 radical (unpaired) electrons. The van der Waals surface area contributed by atoms with Crippen molar-refractivity contribution >= 4 is 28.4 Å². The lowest BCUT2D eigenvalue weighted by Crippen LogP contribution is -3.14. The van der Waals surface area contributed by atoms with E-state index in [0.29, 0.717) is 34.6 Å². The maximum absolute atomic E-state index is 13.3. The number of aryl methyl sites for hydroxylation is 1. The molecule has 1 aliphatic heterocycles. The Labute approximate surface area is 180 Å². The van der Waals surface area contributed by atoms with E-state index in [1.807, 2.05) is 37.5 Å². The zero-order valence-electron chi connectivity index (χ0n) is 18.3. The van der Waals surface area contributed by atoms with E-state index in [9.17, 15) is 9.59 Å². The molecule has 0 aliphatic carbocycles. The molecule has 1 fully saturated rings. The highest BCUT2D eigenvalue weighted by molar-refractivity contribution is 6.00. The zero-order chi connectivity index (χ0) is 22.1. The van der Waals surface area contributed by atoms with Gasteiger partial charge in [0.15, 0.2) is 0 Å². The van der Waals surface area contributed by atoms with Gasteiger partial charge in [-0.1, -0.05) is 11.1 Å². The van der Waals surface area contributed by atoms with Gasteiger partial charge in [0.2, 0.25) is 11.5 Å². The van der Waals surface area contributed by atoms with Crippen molar-refractivity contribution in [3.05, 3.63) is 45.9 Å². The second kappa shape index (κ2) is 8.60. The quantitative estimate of drug-likeness (QED) is 0.361. The molecule has 0 saturated carbocycles. The van der Waals surface area contributed by atoms with Gasteiger partial charge in [-0.05, 0) is 32.9 Å². The SMILES string of the molecule is Cc1cccn2c(=O)c3cc(C(=O)NC(C)C)c(N)[n+](CC[NH+]4CCOCC4)c3nc12. The van der Waals surface area contributed by atoms with Gasteiger partial charge >= 0.3 is 0 Å². The van der Waals surface area contributed by atoms with Crippen LogP contribution in [0, 0.1) is 6.92 Å². The van der Waals surface area contributed by atoms with Crippen molar-refractivity contribution in [2.24, 2.45) is 0 Å². The van der Waals surface area contributed by atoms with E-state index < -0.39 is 0 Å². The third-order valence-corrected chi connectivity index (χ3v) is 5.73. The topological polar surface area (TPSA) is 107 Å². The molecule has 3 aromatic rings. The van der Waals surface area contributed by atoms with Crippen LogP contribution < -0.4 is 26.1 Å². The maximum atomic E-state index is 13.3. The predicted octanol–water partition coefficient (Wildman–Crippen LogP) is -0.921. The molecule has 0 aromatic carbocycles. The number of rotatable bonds is 5. The minimum Gasteiger partial charge on any atom is -0.370 e. The molecule has 1 amide bonds. The minimum absolute atomic E-state index is 0.0488. The standard InChI is InChI=1S/C22H28N6O3/c1-14(2)24-21(29)16-13-17-20(25-19-15(3)5-4-6-28(19)22(17)30)27(18(16)23)8-7-26-9-11-31-12-10-26/h4-6,13-14,23H,7-12H2,1-3H3,(H,24,29)/p+2. The number of nitrogens with zero attached hydrogens (tertiary/aromatic N) is 3. The number of nitrogen functional groups attached to an aromatic ring is 1. The molecule has 0 unspecified atom stereocenters. The number of carbonyl (C=O) groups excluding carboxylic acids is 1. The summed E-state index contributed by atoms with van der Waals surface area (Å²) in [5.41, 5.74) is 8.57. The molecule has 1 aliphatic rings. The molecule has 4 rings (SSSR count). The Kier molecular flexibility index (Phi) is 5.88. The highest BCUT2D eigenvalue weighted by Gasteiger charge is 2.26. The fourth-order valence-corrected chi connectivity index (χ4v) is 4.04. The van der Waals surface area contributed by atoms with Crippen LogP contribution in [0.1, 0.15) is 29.8 Å². The van der Waals surface area contributed by atoms with Crippen molar-refractivity contribution in [3.8, 4) is 0 Å². The van der Waals surface area contributed by atoms with Crippen LogP contribution in [0.5, 0.6) is 0 Å². The van der Waals surface area contributed by atoms with Gasteiger partial charge in [0.1, 0.15) is 37.1 Å². The zero-order valence-corrected chi connectivity index (χ0v) is 18.3. The van der Waals surface area contributed by atoms with E-state index in [4.69, 9.17) is 15.5 Å². The van der Waals surface area contributed by atoms with Gasteiger partial charge in [-0.3, -0.25) is 14.0 Å². The molecule has 0 atom stereocenters. The highest BCUT2D eigenvalue weighted by Crippen LogP contribution is 2.16. The predicted molar refractivity (Wildman–Crippen MR) is 117 cm³/mol. The fourth-order valence-electron chi connectivity index (χ4n) is 4.04. The van der Waals surface area contributed by atoms with E-state index in [1.165, 1.54) is 9.30 Å². The Morgan fingerprint density at radius 2 is 2.13 bits per heavy atom. The molecule has 31 heavy (non-hydrogen) atoms. The van der Waals surface area contributed by atoms with E-state index in [2.05, 4.69) is 5.32 Å². The number of hydrogen-bond acceptors (Lipinski definition) is 5. The van der Waals surface area contributed by atoms with Crippen LogP contribution in [-0.4, -0.2) is 54.2 Å². The smallest absolute Gasteiger partial charge is 0.278 e. The molecule has 4 heterocycles. The van der Waals surface area contributed by atoms with Gasteiger partial charge < -0.3 is 20.7 Å². The van der Waals surface area contributed by atoms with Gasteiger partial charge in [-0.25, -0.2) is 4.57 Å². The molecule has 0 spiro atoms. The summed E-state index contributed by atoms with van der Waals surface area (Å²) in [6, 6.07) is 5.26. The number of ether oxygens (including phenoxy) is 1. The van der Waals surface area contributed by atoms with E-state index in [0.717, 1.165) is 38.4 Å². The Morgan fingerprint density at radius 3 is 2.84 bits per heavy atom. The van der Waals surface area contributed by atoms with Crippen LogP contribution >= 0.6 is 0 Å². The van der Waals surface area contributed by atoms with E-state index >= 15 is 0 Å². The normalized spacial score (nSPS) is 15.1. The molecule has 0 bridgehead atoms. The molecule has 164 valence electrons. The number of morpholine rings is 1. The number of amides is 1. The van der Waals surface area contributed by atoms with Crippen LogP contribution in [0.3, 0.4) is 0 Å². The first kappa shape index (κ1) is 21.2. The summed E-state index contributed by atoms with van der Waals surface area (Å²) < 4.78 is 8.79. The number of quaternary nitrogens is 1. The first-order valence-corrected chi connectivity index (χ1v) is 10.7. The van der Waals surface area contributed by atoms with Crippen LogP contribution in [0.15, 0.2) is 29.2 Å². The third kappa shape index (κ3) is 4.11. The van der Waals surface area contributed by atoms with Gasteiger partial charge in [-0.15, -0.1) is 0 Å². The van der Waals surface area contributed by atoms with Crippen molar-refractivity contribution in [2.75, 3.05) is 38.6 Å². The summed E-state index contributed by atoms with van der Waals surface area (Å²) in [5, 5.41) is 3.26. The number of nitrogens with two attached hydrogens (primary N) is 1. The van der Waals surface area contributed by atoms with Crippen LogP contribution in [0.25, 0.3) is 16.7 Å². The molecule has 4 N–H and O–H groups in total. The highest BCUT2D eigenvalue weighted by atomic mass is 16.5. The Bertz CT molecular complexity index is 1200. The number of carbonyl (C=O) groups is 1. The van der Waals surface area contributed by atoms with Gasteiger partial charge in [0.05, 0.1) is 13.2 Å². The number of aromatic nitrogens is 3. The lowest BCUT2D eigenvalue weighted by atomic mass is 10.1. The largest absolute Gasteiger partial charge is 0.370 e. The van der Waals surface area contributed by atoms with Crippen LogP contribution in [0.2, 0.25) is 0 Å². The molecular weight excluding hydrogens is 396 g/mol. The summed E-state index contributed by atoms with van der Waals surface area (Å²) in [6.45, 7) is 10.4. The van der Waals surface area contributed by atoms with Crippen molar-refractivity contribution in [3.63, 3.8) is 0 Å². The molecule has 9 nitrogen and oxygen atoms in total. The van der Waals surface area contributed by atoms with Gasteiger partial charge in [0.25, 0.3) is 17.1 Å². The van der Waals surface area contributed by atoms with E-state index in [1.54, 1.807) is 12.3 Å². The lowest BCUT2D eigenvalue weighted by molar-refractivity contribution is -0.923. The first-order chi connectivity index (χ1) is 14.9. The van der Waals surface area contributed by atoms with Gasteiger partial charge in [-0.2, -0.15) is 0 Å². The number of fused-ring (bicyclic) bond motifs is 2. The average molecular weight is 427 g/mol. The second-order valence-corrected chi connectivity index (χ2v) is 8.37. The Morgan fingerprint density at radius 1 is 1.39 bits per heavy atom. The van der Waals surface area contributed by atoms with Crippen molar-refractivity contribution in [2.45, 2.75) is 33.4 Å². The summed E-state index contributed by atoms with van der Waals surface area (Å²) in [4.78, 5) is 32.4. The van der Waals surface area contributed by atoms with Crippen molar-refractivity contribution in [1.29, 1.82) is 0 Å². The number of hydrogen-bond donors (Lipinski definition) is 3. The summed E-state index contributed by atoms with van der Waals surface area (Å²) >= 11 is 0. The third-order valence-electron chi connectivity index (χ3n) is 5.73. The monoisotopic (exact) mass is 426 g/mol. The Hall–Kier alpha value is -3.04. The molecule has 3 aromatic heterocycles. The number of pyridine rings is 2. The van der Waals surface area contributed by atoms with Crippen LogP contribution in [0.4, 0.5) is 5.82 Å². The maximum Gasteiger partial charge on any atom is 0.278 e.